The predicted molar refractivity (Wildman–Crippen MR) is 42.1 cm³/mol. The van der Waals surface area contributed by atoms with Crippen LogP contribution in [0.2, 0.25) is 0 Å². The number of aryl methyl sites for hydroxylation is 2. The van der Waals surface area contributed by atoms with Crippen LogP contribution < -0.4 is 0 Å². The van der Waals surface area contributed by atoms with Crippen LogP contribution in [0, 0.1) is 11.3 Å². The standard InChI is InChI=1S/C8H8F3N3/c1-14-6(3-2-4-12)5-7(13-14)8(9,10)11/h5H,2-3H2,1H3. The molecule has 0 N–H and O–H groups in total. The van der Waals surface area contributed by atoms with Crippen LogP contribution in [0.4, 0.5) is 13.2 Å². The molecule has 1 heterocycles. The van der Waals surface area contributed by atoms with Crippen molar-refractivity contribution in [3.05, 3.63) is 17.5 Å². The first-order chi connectivity index (χ1) is 6.45. The molecule has 0 amide bonds. The van der Waals surface area contributed by atoms with E-state index in [1.165, 1.54) is 7.05 Å². The number of nitriles is 1. The number of aromatic nitrogens is 2. The maximum atomic E-state index is 12.2. The fraction of sp³-hybridized carbons (Fsp3) is 0.500. The Balaban J connectivity index is 2.89. The molecule has 0 aromatic carbocycles. The van der Waals surface area contributed by atoms with Crippen LogP contribution in [0.15, 0.2) is 6.07 Å². The molecule has 0 aliphatic carbocycles. The number of hydrogen-bond donors (Lipinski definition) is 0. The summed E-state index contributed by atoms with van der Waals surface area (Å²) >= 11 is 0. The summed E-state index contributed by atoms with van der Waals surface area (Å²) in [5.74, 6) is 0. The third-order valence-corrected chi connectivity index (χ3v) is 1.76. The summed E-state index contributed by atoms with van der Waals surface area (Å²) in [6, 6.07) is 2.84. The average Bonchev–Trinajstić information content (AvgIpc) is 2.43. The highest BCUT2D eigenvalue weighted by molar-refractivity contribution is 5.13. The SMILES string of the molecule is Cn1nc(C(F)(F)F)cc1CCC#N. The van der Waals surface area contributed by atoms with Gasteiger partial charge in [-0.1, -0.05) is 0 Å². The smallest absolute Gasteiger partial charge is 0.272 e. The third-order valence-electron chi connectivity index (χ3n) is 1.76. The molecule has 1 rings (SSSR count). The van der Waals surface area contributed by atoms with E-state index in [-0.39, 0.29) is 12.8 Å². The molecule has 0 bridgehead atoms. The van der Waals surface area contributed by atoms with E-state index in [1.54, 1.807) is 0 Å². The largest absolute Gasteiger partial charge is 0.435 e. The van der Waals surface area contributed by atoms with Crippen molar-refractivity contribution in [2.24, 2.45) is 7.05 Å². The molecular formula is C8H8F3N3. The van der Waals surface area contributed by atoms with E-state index in [4.69, 9.17) is 5.26 Å². The lowest BCUT2D eigenvalue weighted by molar-refractivity contribution is -0.141. The molecule has 1 aromatic heterocycles. The predicted octanol–water partition coefficient (Wildman–Crippen LogP) is 1.90. The summed E-state index contributed by atoms with van der Waals surface area (Å²) in [4.78, 5) is 0. The second kappa shape index (κ2) is 3.70. The van der Waals surface area contributed by atoms with Gasteiger partial charge in [0.1, 0.15) is 0 Å². The van der Waals surface area contributed by atoms with Gasteiger partial charge in [-0.3, -0.25) is 4.68 Å². The molecule has 0 fully saturated rings. The second-order valence-corrected chi connectivity index (χ2v) is 2.80. The lowest BCUT2D eigenvalue weighted by Crippen LogP contribution is -2.06. The summed E-state index contributed by atoms with van der Waals surface area (Å²) in [5.41, 5.74) is -0.494. The van der Waals surface area contributed by atoms with E-state index in [9.17, 15) is 13.2 Å². The summed E-state index contributed by atoms with van der Waals surface area (Å²) in [5, 5.41) is 11.6. The highest BCUT2D eigenvalue weighted by Crippen LogP contribution is 2.28. The third kappa shape index (κ3) is 2.25. The fourth-order valence-electron chi connectivity index (χ4n) is 1.06. The average molecular weight is 203 g/mol. The van der Waals surface area contributed by atoms with Crippen molar-refractivity contribution in [3.63, 3.8) is 0 Å². The lowest BCUT2D eigenvalue weighted by atomic mass is 10.2. The monoisotopic (exact) mass is 203 g/mol. The Morgan fingerprint density at radius 3 is 2.64 bits per heavy atom. The number of nitrogens with zero attached hydrogens (tertiary/aromatic N) is 3. The van der Waals surface area contributed by atoms with Crippen molar-refractivity contribution >= 4 is 0 Å². The maximum absolute atomic E-state index is 12.2. The summed E-state index contributed by atoms with van der Waals surface area (Å²) in [7, 11) is 1.43. The van der Waals surface area contributed by atoms with E-state index in [1.807, 2.05) is 6.07 Å². The molecule has 0 aliphatic rings. The van der Waals surface area contributed by atoms with Crippen LogP contribution in [0.3, 0.4) is 0 Å². The number of rotatable bonds is 2. The summed E-state index contributed by atoms with van der Waals surface area (Å²) in [6.45, 7) is 0. The van der Waals surface area contributed by atoms with Gasteiger partial charge in [-0.15, -0.1) is 0 Å². The number of alkyl halides is 3. The van der Waals surface area contributed by atoms with Crippen LogP contribution in [0.25, 0.3) is 0 Å². The number of halogens is 3. The van der Waals surface area contributed by atoms with E-state index in [2.05, 4.69) is 5.10 Å². The molecule has 0 saturated carbocycles. The van der Waals surface area contributed by atoms with Gasteiger partial charge in [0, 0.05) is 25.6 Å². The Morgan fingerprint density at radius 1 is 1.57 bits per heavy atom. The Morgan fingerprint density at radius 2 is 2.21 bits per heavy atom. The van der Waals surface area contributed by atoms with E-state index < -0.39 is 11.9 Å². The maximum Gasteiger partial charge on any atom is 0.435 e. The van der Waals surface area contributed by atoms with Crippen molar-refractivity contribution in [2.75, 3.05) is 0 Å². The van der Waals surface area contributed by atoms with Gasteiger partial charge in [-0.25, -0.2) is 0 Å². The van der Waals surface area contributed by atoms with Gasteiger partial charge in [0.2, 0.25) is 0 Å². The zero-order chi connectivity index (χ0) is 10.8. The van der Waals surface area contributed by atoms with Crippen molar-refractivity contribution < 1.29 is 13.2 Å². The second-order valence-electron chi connectivity index (χ2n) is 2.80. The normalized spacial score (nSPS) is 11.4. The molecule has 0 spiro atoms. The van der Waals surface area contributed by atoms with Gasteiger partial charge in [0.15, 0.2) is 5.69 Å². The molecule has 0 unspecified atom stereocenters. The Kier molecular flexibility index (Phi) is 2.79. The summed E-state index contributed by atoms with van der Waals surface area (Å²) < 4.78 is 37.6. The summed E-state index contributed by atoms with van der Waals surface area (Å²) in [6.07, 6.45) is -3.93. The van der Waals surface area contributed by atoms with E-state index in [0.29, 0.717) is 5.69 Å². The van der Waals surface area contributed by atoms with E-state index in [0.717, 1.165) is 10.7 Å². The van der Waals surface area contributed by atoms with Crippen LogP contribution in [0.5, 0.6) is 0 Å². The van der Waals surface area contributed by atoms with Crippen molar-refractivity contribution in [1.29, 1.82) is 5.26 Å². The minimum absolute atomic E-state index is 0.191. The highest BCUT2D eigenvalue weighted by Gasteiger charge is 2.34. The van der Waals surface area contributed by atoms with Crippen molar-refractivity contribution in [3.8, 4) is 6.07 Å². The fourth-order valence-corrected chi connectivity index (χ4v) is 1.06. The molecule has 14 heavy (non-hydrogen) atoms. The molecule has 1 aromatic rings. The Hall–Kier alpha value is -1.51. The van der Waals surface area contributed by atoms with Crippen LogP contribution >= 0.6 is 0 Å². The minimum Gasteiger partial charge on any atom is -0.272 e. The zero-order valence-electron chi connectivity index (χ0n) is 7.47. The quantitative estimate of drug-likeness (QED) is 0.736. The lowest BCUT2D eigenvalue weighted by Gasteiger charge is -1.99. The van der Waals surface area contributed by atoms with Crippen molar-refractivity contribution in [1.82, 2.24) is 9.78 Å². The van der Waals surface area contributed by atoms with Crippen LogP contribution in [0.1, 0.15) is 17.8 Å². The molecule has 6 heteroatoms. The molecule has 0 aliphatic heterocycles. The van der Waals surface area contributed by atoms with Crippen LogP contribution in [-0.2, 0) is 19.6 Å². The van der Waals surface area contributed by atoms with Crippen molar-refractivity contribution in [2.45, 2.75) is 19.0 Å². The first-order valence-electron chi connectivity index (χ1n) is 3.92. The Bertz CT molecular complexity index is 359. The first kappa shape index (κ1) is 10.6. The molecule has 76 valence electrons. The van der Waals surface area contributed by atoms with Gasteiger partial charge < -0.3 is 0 Å². The molecular weight excluding hydrogens is 195 g/mol. The van der Waals surface area contributed by atoms with Gasteiger partial charge in [-0.2, -0.15) is 23.5 Å². The molecule has 0 saturated heterocycles. The van der Waals surface area contributed by atoms with Gasteiger partial charge >= 0.3 is 6.18 Å². The molecule has 0 atom stereocenters. The first-order valence-corrected chi connectivity index (χ1v) is 3.92. The van der Waals surface area contributed by atoms with E-state index >= 15 is 0 Å². The van der Waals surface area contributed by atoms with Gasteiger partial charge in [-0.05, 0) is 6.07 Å². The van der Waals surface area contributed by atoms with Crippen LogP contribution in [-0.4, -0.2) is 9.78 Å². The van der Waals surface area contributed by atoms with Gasteiger partial charge in [0.25, 0.3) is 0 Å². The molecule has 3 nitrogen and oxygen atoms in total. The molecule has 0 radical (unpaired) electrons. The number of hydrogen-bond acceptors (Lipinski definition) is 2. The Labute approximate surface area is 78.8 Å². The zero-order valence-corrected chi connectivity index (χ0v) is 7.47. The highest BCUT2D eigenvalue weighted by atomic mass is 19.4. The minimum atomic E-state index is -4.41. The van der Waals surface area contributed by atoms with Gasteiger partial charge in [0.05, 0.1) is 6.07 Å². The topological polar surface area (TPSA) is 41.6 Å².